The molecular formula is C11H18BrN5O. The first-order valence-electron chi connectivity index (χ1n) is 5.69. The van der Waals surface area contributed by atoms with Gasteiger partial charge >= 0.3 is 0 Å². The van der Waals surface area contributed by atoms with Gasteiger partial charge in [0.2, 0.25) is 5.91 Å². The number of rotatable bonds is 5. The second-order valence-corrected chi connectivity index (χ2v) is 4.81. The van der Waals surface area contributed by atoms with Crippen LogP contribution in [0.4, 0.5) is 11.6 Å². The average molecular weight is 316 g/mol. The Labute approximate surface area is 115 Å². The average Bonchev–Trinajstić information content (AvgIpc) is 2.33. The first kappa shape index (κ1) is 14.7. The van der Waals surface area contributed by atoms with Gasteiger partial charge < -0.3 is 15.5 Å². The molecule has 1 atom stereocenters. The summed E-state index contributed by atoms with van der Waals surface area (Å²) in [5.41, 5.74) is 0. The zero-order valence-electron chi connectivity index (χ0n) is 11.0. The van der Waals surface area contributed by atoms with Crippen LogP contribution in [0.2, 0.25) is 0 Å². The van der Waals surface area contributed by atoms with Crippen LogP contribution in [0, 0.1) is 0 Å². The van der Waals surface area contributed by atoms with Crippen molar-refractivity contribution >= 4 is 33.5 Å². The Kier molecular flexibility index (Phi) is 5.33. The molecule has 0 aliphatic heterocycles. The zero-order chi connectivity index (χ0) is 13.7. The molecule has 1 unspecified atom stereocenters. The summed E-state index contributed by atoms with van der Waals surface area (Å²) in [6.07, 6.45) is 1.46. The Morgan fingerprint density at radius 2 is 2.06 bits per heavy atom. The summed E-state index contributed by atoms with van der Waals surface area (Å²) >= 11 is 3.42. The molecular weight excluding hydrogens is 298 g/mol. The van der Waals surface area contributed by atoms with Crippen molar-refractivity contribution in [3.8, 4) is 0 Å². The van der Waals surface area contributed by atoms with Crippen molar-refractivity contribution in [3.05, 3.63) is 10.8 Å². The number of carbonyl (C=O) groups is 1. The van der Waals surface area contributed by atoms with Crippen LogP contribution >= 0.6 is 15.9 Å². The molecule has 18 heavy (non-hydrogen) atoms. The normalized spacial score (nSPS) is 11.8. The quantitative estimate of drug-likeness (QED) is 0.863. The molecule has 0 saturated carbocycles. The third kappa shape index (κ3) is 3.56. The van der Waals surface area contributed by atoms with Gasteiger partial charge in [0.15, 0.2) is 0 Å². The van der Waals surface area contributed by atoms with E-state index in [2.05, 4.69) is 36.5 Å². The molecule has 1 heterocycles. The minimum absolute atomic E-state index is 0.00878. The molecule has 6 nitrogen and oxygen atoms in total. The maximum atomic E-state index is 11.8. The Bertz CT molecular complexity index is 424. The number of carbonyl (C=O) groups excluding carboxylic acids is 1. The maximum absolute atomic E-state index is 11.8. The number of hydrogen-bond acceptors (Lipinski definition) is 5. The SMILES string of the molecule is CCNc1ncnc(NC(C)C(=O)N(C)C)c1Br. The molecule has 100 valence electrons. The summed E-state index contributed by atoms with van der Waals surface area (Å²) in [5, 5.41) is 6.17. The van der Waals surface area contributed by atoms with E-state index in [4.69, 9.17) is 0 Å². The van der Waals surface area contributed by atoms with Crippen LogP contribution in [-0.4, -0.2) is 47.5 Å². The zero-order valence-corrected chi connectivity index (χ0v) is 12.6. The minimum atomic E-state index is -0.347. The molecule has 1 aromatic rings. The molecule has 0 radical (unpaired) electrons. The van der Waals surface area contributed by atoms with Gasteiger partial charge in [-0.25, -0.2) is 9.97 Å². The van der Waals surface area contributed by atoms with Gasteiger partial charge in [0, 0.05) is 20.6 Å². The fraction of sp³-hybridized carbons (Fsp3) is 0.545. The maximum Gasteiger partial charge on any atom is 0.244 e. The predicted octanol–water partition coefficient (Wildman–Crippen LogP) is 1.56. The molecule has 0 aromatic carbocycles. The highest BCUT2D eigenvalue weighted by Gasteiger charge is 2.17. The smallest absolute Gasteiger partial charge is 0.244 e. The van der Waals surface area contributed by atoms with Crippen LogP contribution in [-0.2, 0) is 4.79 Å². The molecule has 0 bridgehead atoms. The predicted molar refractivity (Wildman–Crippen MR) is 75.7 cm³/mol. The number of amides is 1. The van der Waals surface area contributed by atoms with Crippen LogP contribution in [0.25, 0.3) is 0 Å². The molecule has 1 amide bonds. The van der Waals surface area contributed by atoms with Crippen LogP contribution in [0.1, 0.15) is 13.8 Å². The number of likely N-dealkylation sites (N-methyl/N-ethyl adjacent to an activating group) is 1. The van der Waals surface area contributed by atoms with E-state index in [-0.39, 0.29) is 11.9 Å². The highest BCUT2D eigenvalue weighted by Crippen LogP contribution is 2.26. The number of nitrogens with zero attached hydrogens (tertiary/aromatic N) is 3. The molecule has 1 rings (SSSR count). The van der Waals surface area contributed by atoms with Crippen molar-refractivity contribution in [2.45, 2.75) is 19.9 Å². The van der Waals surface area contributed by atoms with Gasteiger partial charge in [-0.05, 0) is 29.8 Å². The summed E-state index contributed by atoms with van der Waals surface area (Å²) < 4.78 is 0.727. The molecule has 0 aliphatic rings. The first-order valence-corrected chi connectivity index (χ1v) is 6.48. The van der Waals surface area contributed by atoms with E-state index in [1.54, 1.807) is 21.0 Å². The number of hydrogen-bond donors (Lipinski definition) is 2. The van der Waals surface area contributed by atoms with Gasteiger partial charge in [-0.2, -0.15) is 0 Å². The number of halogens is 1. The van der Waals surface area contributed by atoms with Crippen molar-refractivity contribution < 1.29 is 4.79 Å². The van der Waals surface area contributed by atoms with Crippen LogP contribution < -0.4 is 10.6 Å². The van der Waals surface area contributed by atoms with Gasteiger partial charge in [-0.15, -0.1) is 0 Å². The standard InChI is InChI=1S/C11H18BrN5O/c1-5-13-9-8(12)10(15-6-14-9)16-7(2)11(18)17(3)4/h6-7H,5H2,1-4H3,(H2,13,14,15,16). The van der Waals surface area contributed by atoms with Crippen LogP contribution in [0.15, 0.2) is 10.8 Å². The van der Waals surface area contributed by atoms with Gasteiger partial charge in [-0.1, -0.05) is 0 Å². The fourth-order valence-electron chi connectivity index (χ4n) is 1.42. The third-order valence-electron chi connectivity index (χ3n) is 2.30. The Balaban J connectivity index is 2.85. The number of nitrogens with one attached hydrogen (secondary N) is 2. The molecule has 0 fully saturated rings. The highest BCUT2D eigenvalue weighted by molar-refractivity contribution is 9.10. The second-order valence-electron chi connectivity index (χ2n) is 4.01. The summed E-state index contributed by atoms with van der Waals surface area (Å²) in [6, 6.07) is -0.347. The van der Waals surface area contributed by atoms with Crippen molar-refractivity contribution in [1.29, 1.82) is 0 Å². The summed E-state index contributed by atoms with van der Waals surface area (Å²) in [6.45, 7) is 4.55. The van der Waals surface area contributed by atoms with E-state index in [0.29, 0.717) is 11.6 Å². The van der Waals surface area contributed by atoms with Gasteiger partial charge in [-0.3, -0.25) is 4.79 Å². The topological polar surface area (TPSA) is 70.1 Å². The summed E-state index contributed by atoms with van der Waals surface area (Å²) in [7, 11) is 3.44. The van der Waals surface area contributed by atoms with Crippen LogP contribution in [0.3, 0.4) is 0 Å². The highest BCUT2D eigenvalue weighted by atomic mass is 79.9. The molecule has 0 spiro atoms. The second kappa shape index (κ2) is 6.53. The van der Waals surface area contributed by atoms with Crippen LogP contribution in [0.5, 0.6) is 0 Å². The van der Waals surface area contributed by atoms with Crippen molar-refractivity contribution in [2.24, 2.45) is 0 Å². The minimum Gasteiger partial charge on any atom is -0.369 e. The van der Waals surface area contributed by atoms with E-state index in [0.717, 1.165) is 11.0 Å². The molecule has 0 aliphatic carbocycles. The monoisotopic (exact) mass is 315 g/mol. The lowest BCUT2D eigenvalue weighted by atomic mass is 10.3. The molecule has 0 saturated heterocycles. The van der Waals surface area contributed by atoms with E-state index in [1.807, 2.05) is 6.92 Å². The van der Waals surface area contributed by atoms with Crippen molar-refractivity contribution in [1.82, 2.24) is 14.9 Å². The number of anilines is 2. The first-order chi connectivity index (χ1) is 8.47. The Hall–Kier alpha value is -1.37. The lowest BCUT2D eigenvalue weighted by molar-refractivity contribution is -0.129. The summed E-state index contributed by atoms with van der Waals surface area (Å²) in [4.78, 5) is 21.5. The summed E-state index contributed by atoms with van der Waals surface area (Å²) in [5.74, 6) is 1.30. The largest absolute Gasteiger partial charge is 0.369 e. The van der Waals surface area contributed by atoms with E-state index >= 15 is 0 Å². The molecule has 7 heteroatoms. The van der Waals surface area contributed by atoms with Crippen molar-refractivity contribution in [2.75, 3.05) is 31.3 Å². The lowest BCUT2D eigenvalue weighted by Gasteiger charge is -2.19. The van der Waals surface area contributed by atoms with Gasteiger partial charge in [0.1, 0.15) is 28.5 Å². The van der Waals surface area contributed by atoms with Gasteiger partial charge in [0.05, 0.1) is 0 Å². The molecule has 2 N–H and O–H groups in total. The van der Waals surface area contributed by atoms with Crippen molar-refractivity contribution in [3.63, 3.8) is 0 Å². The van der Waals surface area contributed by atoms with E-state index in [1.165, 1.54) is 11.2 Å². The Morgan fingerprint density at radius 1 is 1.44 bits per heavy atom. The van der Waals surface area contributed by atoms with E-state index in [9.17, 15) is 4.79 Å². The number of aromatic nitrogens is 2. The van der Waals surface area contributed by atoms with Gasteiger partial charge in [0.25, 0.3) is 0 Å². The lowest BCUT2D eigenvalue weighted by Crippen LogP contribution is -2.37. The Morgan fingerprint density at radius 3 is 2.61 bits per heavy atom. The van der Waals surface area contributed by atoms with E-state index < -0.39 is 0 Å². The molecule has 1 aromatic heterocycles. The third-order valence-corrected chi connectivity index (χ3v) is 3.05. The fourth-order valence-corrected chi connectivity index (χ4v) is 1.87.